The van der Waals surface area contributed by atoms with Gasteiger partial charge in [-0.2, -0.15) is 10.1 Å². The fourth-order valence-corrected chi connectivity index (χ4v) is 2.66. The maximum atomic E-state index is 12.1. The van der Waals surface area contributed by atoms with Crippen LogP contribution < -0.4 is 5.32 Å². The van der Waals surface area contributed by atoms with Crippen LogP contribution in [-0.2, 0) is 16.0 Å². The maximum absolute atomic E-state index is 12.1. The Bertz CT molecular complexity index is 931. The van der Waals surface area contributed by atoms with Gasteiger partial charge in [-0.1, -0.05) is 13.0 Å². The monoisotopic (exact) mass is 390 g/mol. The van der Waals surface area contributed by atoms with Gasteiger partial charge in [0.1, 0.15) is 16.9 Å². The van der Waals surface area contributed by atoms with Gasteiger partial charge < -0.3 is 14.8 Å². The van der Waals surface area contributed by atoms with Gasteiger partial charge in [-0.3, -0.25) is 4.68 Å². The zero-order chi connectivity index (χ0) is 19.2. The molecule has 0 saturated carbocycles. The van der Waals surface area contributed by atoms with Crippen molar-refractivity contribution in [3.05, 3.63) is 35.4 Å². The molecule has 0 saturated heterocycles. The lowest BCUT2D eigenvalue weighted by Gasteiger charge is -2.09. The Morgan fingerprint density at radius 3 is 2.85 bits per heavy atom. The minimum Gasteiger partial charge on any atom is -0.464 e. The first-order chi connectivity index (χ1) is 13.1. The summed E-state index contributed by atoms with van der Waals surface area (Å²) in [7, 11) is 1.29. The molecule has 0 unspecified atom stereocenters. The molecule has 0 aliphatic rings. The van der Waals surface area contributed by atoms with Crippen LogP contribution in [0.4, 0.5) is 11.6 Å². The fraction of sp³-hybridized carbons (Fsp3) is 0.353. The molecule has 0 atom stereocenters. The van der Waals surface area contributed by atoms with Gasteiger partial charge in [0, 0.05) is 12.8 Å². The highest BCUT2D eigenvalue weighted by molar-refractivity contribution is 6.29. The molecule has 0 radical (unpaired) electrons. The highest BCUT2D eigenvalue weighted by atomic mass is 35.5. The highest BCUT2D eigenvalue weighted by Gasteiger charge is 2.23. The largest absolute Gasteiger partial charge is 0.464 e. The topological polar surface area (TPSA) is 104 Å². The summed E-state index contributed by atoms with van der Waals surface area (Å²) in [5.74, 6) is 0.358. The minimum atomic E-state index is -0.605. The van der Waals surface area contributed by atoms with E-state index in [2.05, 4.69) is 25.4 Å². The van der Waals surface area contributed by atoms with E-state index in [1.54, 1.807) is 23.0 Å². The molecular weight excluding hydrogens is 372 g/mol. The summed E-state index contributed by atoms with van der Waals surface area (Å²) in [5, 5.41) is 7.42. The predicted octanol–water partition coefficient (Wildman–Crippen LogP) is 2.83. The summed E-state index contributed by atoms with van der Waals surface area (Å²) in [6.45, 7) is 3.51. The first-order valence-electron chi connectivity index (χ1n) is 8.42. The average molecular weight is 391 g/mol. The molecule has 1 N–H and O–H groups in total. The van der Waals surface area contributed by atoms with Crippen LogP contribution in [-0.4, -0.2) is 51.0 Å². The van der Waals surface area contributed by atoms with E-state index in [-0.39, 0.29) is 11.0 Å². The molecule has 3 heterocycles. The van der Waals surface area contributed by atoms with E-state index in [4.69, 9.17) is 21.1 Å². The first-order valence-corrected chi connectivity index (χ1v) is 8.80. The lowest BCUT2D eigenvalue weighted by Crippen LogP contribution is -2.10. The standard InChI is InChI=1S/C17H19ClN6O3/c1-3-9-27-10-8-24-14-12(13(23-24)16(25)26-2)21-17(18)22-15(14)20-11-6-4-5-7-19-11/h4-7H,3,8-10H2,1-2H3,(H,19,20,21,22). The lowest BCUT2D eigenvalue weighted by atomic mass is 10.3. The molecule has 0 aliphatic carbocycles. The van der Waals surface area contributed by atoms with Crippen molar-refractivity contribution in [1.29, 1.82) is 0 Å². The average Bonchev–Trinajstić information content (AvgIpc) is 3.04. The molecule has 0 aliphatic heterocycles. The number of esters is 1. The van der Waals surface area contributed by atoms with Crippen molar-refractivity contribution in [1.82, 2.24) is 24.7 Å². The molecule has 3 aromatic heterocycles. The molecule has 3 rings (SSSR count). The molecule has 9 nitrogen and oxygen atoms in total. The number of pyridine rings is 1. The van der Waals surface area contributed by atoms with Gasteiger partial charge in [0.2, 0.25) is 5.28 Å². The van der Waals surface area contributed by atoms with Crippen LogP contribution in [0.3, 0.4) is 0 Å². The van der Waals surface area contributed by atoms with Crippen molar-refractivity contribution in [2.45, 2.75) is 19.9 Å². The Morgan fingerprint density at radius 2 is 2.15 bits per heavy atom. The van der Waals surface area contributed by atoms with Gasteiger partial charge in [0.15, 0.2) is 11.5 Å². The van der Waals surface area contributed by atoms with Crippen LogP contribution in [0.2, 0.25) is 5.28 Å². The number of carbonyl (C=O) groups excluding carboxylic acids is 1. The third-order valence-electron chi connectivity index (χ3n) is 3.65. The molecule has 0 bridgehead atoms. The molecule has 0 amide bonds. The third kappa shape index (κ3) is 4.32. The molecule has 10 heteroatoms. The number of hydrogen-bond donors (Lipinski definition) is 1. The van der Waals surface area contributed by atoms with Gasteiger partial charge in [-0.05, 0) is 30.2 Å². The second-order valence-corrected chi connectivity index (χ2v) is 5.89. The van der Waals surface area contributed by atoms with E-state index in [9.17, 15) is 4.79 Å². The molecular formula is C17H19ClN6O3. The number of carbonyl (C=O) groups is 1. The van der Waals surface area contributed by atoms with E-state index in [1.807, 2.05) is 13.0 Å². The van der Waals surface area contributed by atoms with Crippen LogP contribution in [0, 0.1) is 0 Å². The van der Waals surface area contributed by atoms with Crippen LogP contribution in [0.15, 0.2) is 24.4 Å². The van der Waals surface area contributed by atoms with Crippen molar-refractivity contribution in [3.8, 4) is 0 Å². The van der Waals surface area contributed by atoms with Crippen molar-refractivity contribution in [3.63, 3.8) is 0 Å². The smallest absolute Gasteiger partial charge is 0.360 e. The van der Waals surface area contributed by atoms with Gasteiger partial charge >= 0.3 is 5.97 Å². The van der Waals surface area contributed by atoms with E-state index < -0.39 is 5.97 Å². The van der Waals surface area contributed by atoms with E-state index in [0.717, 1.165) is 6.42 Å². The maximum Gasteiger partial charge on any atom is 0.360 e. The number of aromatic nitrogens is 5. The Hall–Kier alpha value is -2.78. The zero-order valence-electron chi connectivity index (χ0n) is 15.0. The summed E-state index contributed by atoms with van der Waals surface area (Å²) in [5.41, 5.74) is 0.887. The Labute approximate surface area is 160 Å². The van der Waals surface area contributed by atoms with Crippen molar-refractivity contribution in [2.75, 3.05) is 25.6 Å². The lowest BCUT2D eigenvalue weighted by molar-refractivity contribution is 0.0594. The van der Waals surface area contributed by atoms with Gasteiger partial charge in [0.05, 0.1) is 20.3 Å². The van der Waals surface area contributed by atoms with E-state index in [1.165, 1.54) is 7.11 Å². The summed E-state index contributed by atoms with van der Waals surface area (Å²) in [6.07, 6.45) is 2.57. The molecule has 0 spiro atoms. The van der Waals surface area contributed by atoms with Crippen LogP contribution in [0.5, 0.6) is 0 Å². The van der Waals surface area contributed by atoms with Crippen LogP contribution >= 0.6 is 11.6 Å². The molecule has 142 valence electrons. The highest BCUT2D eigenvalue weighted by Crippen LogP contribution is 2.27. The van der Waals surface area contributed by atoms with E-state index in [0.29, 0.717) is 42.4 Å². The predicted molar refractivity (Wildman–Crippen MR) is 100 cm³/mol. The molecule has 0 fully saturated rings. The van der Waals surface area contributed by atoms with Crippen molar-refractivity contribution >= 4 is 40.2 Å². The number of methoxy groups -OCH3 is 1. The van der Waals surface area contributed by atoms with Gasteiger partial charge in [0.25, 0.3) is 0 Å². The van der Waals surface area contributed by atoms with Crippen molar-refractivity contribution in [2.24, 2.45) is 0 Å². The normalized spacial score (nSPS) is 10.9. The fourth-order valence-electron chi connectivity index (χ4n) is 2.49. The Kier molecular flexibility index (Phi) is 6.15. The van der Waals surface area contributed by atoms with Gasteiger partial charge in [-0.15, -0.1) is 0 Å². The SMILES string of the molecule is CCCOCCn1nc(C(=O)OC)c2nc(Cl)nc(Nc3ccccn3)c21. The van der Waals surface area contributed by atoms with E-state index >= 15 is 0 Å². The minimum absolute atomic E-state index is 0.0205. The first kappa shape index (κ1) is 19.0. The van der Waals surface area contributed by atoms with Crippen LogP contribution in [0.1, 0.15) is 23.8 Å². The second kappa shape index (κ2) is 8.74. The van der Waals surface area contributed by atoms with Gasteiger partial charge in [-0.25, -0.2) is 14.8 Å². The summed E-state index contributed by atoms with van der Waals surface area (Å²) in [4.78, 5) is 24.8. The number of hydrogen-bond acceptors (Lipinski definition) is 8. The summed E-state index contributed by atoms with van der Waals surface area (Å²) < 4.78 is 12.0. The quantitative estimate of drug-likeness (QED) is 0.355. The number of halogens is 1. The number of ether oxygens (including phenoxy) is 2. The molecule has 27 heavy (non-hydrogen) atoms. The Balaban J connectivity index is 2.07. The second-order valence-electron chi connectivity index (χ2n) is 5.55. The summed E-state index contributed by atoms with van der Waals surface area (Å²) in [6, 6.07) is 5.43. The number of anilines is 2. The number of nitrogens with zero attached hydrogens (tertiary/aromatic N) is 5. The molecule has 0 aromatic carbocycles. The zero-order valence-corrected chi connectivity index (χ0v) is 15.7. The number of nitrogens with one attached hydrogen (secondary N) is 1. The van der Waals surface area contributed by atoms with Crippen LogP contribution in [0.25, 0.3) is 11.0 Å². The third-order valence-corrected chi connectivity index (χ3v) is 3.81. The molecule has 3 aromatic rings. The summed E-state index contributed by atoms with van der Waals surface area (Å²) >= 11 is 6.07. The number of fused-ring (bicyclic) bond motifs is 1. The Morgan fingerprint density at radius 1 is 1.30 bits per heavy atom. The van der Waals surface area contributed by atoms with Crippen molar-refractivity contribution < 1.29 is 14.3 Å². The number of rotatable bonds is 8.